The van der Waals surface area contributed by atoms with Gasteiger partial charge in [-0.15, -0.1) is 0 Å². The van der Waals surface area contributed by atoms with E-state index in [9.17, 15) is 9.90 Å². The van der Waals surface area contributed by atoms with Gasteiger partial charge in [-0.2, -0.15) is 0 Å². The van der Waals surface area contributed by atoms with Crippen LogP contribution in [-0.4, -0.2) is 11.0 Å². The van der Waals surface area contributed by atoms with E-state index in [4.69, 9.17) is 0 Å². The number of aliphatic hydroxyl groups is 1. The lowest BCUT2D eigenvalue weighted by atomic mass is 9.90. The SMILES string of the molecule is O=C(Nc1cccc2c1CCCC2)[C@@H](O)c1ccccc1. The van der Waals surface area contributed by atoms with Gasteiger partial charge in [-0.05, 0) is 48.4 Å². The molecule has 3 heteroatoms. The van der Waals surface area contributed by atoms with Crippen molar-refractivity contribution in [3.8, 4) is 0 Å². The van der Waals surface area contributed by atoms with Crippen LogP contribution in [0.5, 0.6) is 0 Å². The molecule has 0 radical (unpaired) electrons. The predicted molar refractivity (Wildman–Crippen MR) is 83.1 cm³/mol. The summed E-state index contributed by atoms with van der Waals surface area (Å²) in [5, 5.41) is 13.0. The molecular weight excluding hydrogens is 262 g/mol. The molecule has 3 nitrogen and oxygen atoms in total. The molecular formula is C18H19NO2. The largest absolute Gasteiger partial charge is 0.378 e. The second kappa shape index (κ2) is 6.10. The van der Waals surface area contributed by atoms with Gasteiger partial charge in [0.05, 0.1) is 0 Å². The van der Waals surface area contributed by atoms with E-state index in [0.717, 1.165) is 24.9 Å². The maximum absolute atomic E-state index is 12.2. The maximum atomic E-state index is 12.2. The second-order valence-corrected chi connectivity index (χ2v) is 5.45. The predicted octanol–water partition coefficient (Wildman–Crippen LogP) is 3.24. The van der Waals surface area contributed by atoms with Crippen molar-refractivity contribution in [3.63, 3.8) is 0 Å². The third-order valence-electron chi connectivity index (χ3n) is 4.02. The molecule has 2 N–H and O–H groups in total. The van der Waals surface area contributed by atoms with E-state index in [1.54, 1.807) is 12.1 Å². The van der Waals surface area contributed by atoms with Crippen LogP contribution in [0.2, 0.25) is 0 Å². The fourth-order valence-electron chi connectivity index (χ4n) is 2.89. The van der Waals surface area contributed by atoms with E-state index in [-0.39, 0.29) is 5.91 Å². The molecule has 0 saturated carbocycles. The summed E-state index contributed by atoms with van der Waals surface area (Å²) in [6, 6.07) is 15.0. The Hall–Kier alpha value is -2.13. The average molecular weight is 281 g/mol. The summed E-state index contributed by atoms with van der Waals surface area (Å²) in [7, 11) is 0. The van der Waals surface area contributed by atoms with Crippen molar-refractivity contribution >= 4 is 11.6 Å². The lowest BCUT2D eigenvalue weighted by Crippen LogP contribution is -2.22. The normalized spacial score (nSPS) is 15.1. The van der Waals surface area contributed by atoms with Crippen LogP contribution in [0.3, 0.4) is 0 Å². The third kappa shape index (κ3) is 2.98. The van der Waals surface area contributed by atoms with Crippen molar-refractivity contribution in [2.45, 2.75) is 31.8 Å². The van der Waals surface area contributed by atoms with Gasteiger partial charge >= 0.3 is 0 Å². The smallest absolute Gasteiger partial charge is 0.257 e. The molecule has 0 unspecified atom stereocenters. The highest BCUT2D eigenvalue weighted by molar-refractivity contribution is 5.95. The first-order chi connectivity index (χ1) is 10.3. The second-order valence-electron chi connectivity index (χ2n) is 5.45. The summed E-state index contributed by atoms with van der Waals surface area (Å²) in [4.78, 5) is 12.2. The molecule has 0 spiro atoms. The number of nitrogens with one attached hydrogen (secondary N) is 1. The number of hydrogen-bond donors (Lipinski definition) is 2. The monoisotopic (exact) mass is 281 g/mol. The minimum Gasteiger partial charge on any atom is -0.378 e. The molecule has 0 saturated heterocycles. The summed E-state index contributed by atoms with van der Waals surface area (Å²) in [5.74, 6) is -0.375. The van der Waals surface area contributed by atoms with Gasteiger partial charge in [-0.3, -0.25) is 4.79 Å². The highest BCUT2D eigenvalue weighted by Gasteiger charge is 2.20. The molecule has 1 aliphatic carbocycles. The van der Waals surface area contributed by atoms with Crippen LogP contribution < -0.4 is 5.32 Å². The fourth-order valence-corrected chi connectivity index (χ4v) is 2.89. The zero-order valence-electron chi connectivity index (χ0n) is 11.9. The molecule has 3 rings (SSSR count). The lowest BCUT2D eigenvalue weighted by Gasteiger charge is -2.20. The number of anilines is 1. The highest BCUT2D eigenvalue weighted by Crippen LogP contribution is 2.28. The number of fused-ring (bicyclic) bond motifs is 1. The summed E-state index contributed by atoms with van der Waals surface area (Å²) in [6.07, 6.45) is 3.29. The Balaban J connectivity index is 1.79. The molecule has 0 bridgehead atoms. The van der Waals surface area contributed by atoms with Crippen molar-refractivity contribution in [3.05, 3.63) is 65.2 Å². The van der Waals surface area contributed by atoms with Gasteiger partial charge < -0.3 is 10.4 Å². The quantitative estimate of drug-likeness (QED) is 0.907. The zero-order valence-corrected chi connectivity index (χ0v) is 11.9. The standard InChI is InChI=1S/C18H19NO2/c20-17(14-8-2-1-3-9-14)18(21)19-16-12-6-10-13-7-4-5-11-15(13)16/h1-3,6,8-10,12,17,20H,4-5,7,11H2,(H,19,21)/t17-/m0/s1. The molecule has 0 heterocycles. The lowest BCUT2D eigenvalue weighted by molar-refractivity contribution is -0.124. The van der Waals surface area contributed by atoms with Crippen molar-refractivity contribution in [1.29, 1.82) is 0 Å². The average Bonchev–Trinajstić information content (AvgIpc) is 2.55. The molecule has 2 aromatic carbocycles. The Morgan fingerprint density at radius 3 is 2.57 bits per heavy atom. The summed E-state index contributed by atoms with van der Waals surface area (Å²) >= 11 is 0. The third-order valence-corrected chi connectivity index (χ3v) is 4.02. The first kappa shape index (κ1) is 13.8. The molecule has 1 atom stereocenters. The van der Waals surface area contributed by atoms with Crippen LogP contribution in [0.4, 0.5) is 5.69 Å². The molecule has 0 aromatic heterocycles. The van der Waals surface area contributed by atoms with Crippen molar-refractivity contribution in [1.82, 2.24) is 0 Å². The van der Waals surface area contributed by atoms with Gasteiger partial charge in [0.1, 0.15) is 0 Å². The van der Waals surface area contributed by atoms with Crippen molar-refractivity contribution in [2.75, 3.05) is 5.32 Å². The summed E-state index contributed by atoms with van der Waals surface area (Å²) in [6.45, 7) is 0. The first-order valence-electron chi connectivity index (χ1n) is 7.40. The van der Waals surface area contributed by atoms with Crippen LogP contribution in [0.1, 0.15) is 35.6 Å². The molecule has 1 aliphatic rings. The van der Waals surface area contributed by atoms with Gasteiger partial charge in [0.25, 0.3) is 5.91 Å². The highest BCUT2D eigenvalue weighted by atomic mass is 16.3. The molecule has 0 fully saturated rings. The summed E-state index contributed by atoms with van der Waals surface area (Å²) < 4.78 is 0. The molecule has 21 heavy (non-hydrogen) atoms. The minimum absolute atomic E-state index is 0.375. The Kier molecular flexibility index (Phi) is 4.02. The summed E-state index contributed by atoms with van der Waals surface area (Å²) in [5.41, 5.74) is 3.98. The van der Waals surface area contributed by atoms with Crippen LogP contribution in [0.25, 0.3) is 0 Å². The number of amides is 1. The number of carbonyl (C=O) groups excluding carboxylic acids is 1. The van der Waals surface area contributed by atoms with E-state index >= 15 is 0 Å². The number of hydrogen-bond acceptors (Lipinski definition) is 2. The minimum atomic E-state index is -1.13. The maximum Gasteiger partial charge on any atom is 0.257 e. The number of rotatable bonds is 3. The van der Waals surface area contributed by atoms with Gasteiger partial charge in [0, 0.05) is 5.69 Å². The van der Waals surface area contributed by atoms with Gasteiger partial charge in [0.2, 0.25) is 0 Å². The zero-order chi connectivity index (χ0) is 14.7. The molecule has 0 aliphatic heterocycles. The van der Waals surface area contributed by atoms with Gasteiger partial charge in [0.15, 0.2) is 6.10 Å². The Bertz CT molecular complexity index is 637. The number of benzene rings is 2. The molecule has 1 amide bonds. The fraction of sp³-hybridized carbons (Fsp3) is 0.278. The van der Waals surface area contributed by atoms with Crippen LogP contribution in [-0.2, 0) is 17.6 Å². The Morgan fingerprint density at radius 2 is 1.76 bits per heavy atom. The number of carbonyl (C=O) groups is 1. The van der Waals surface area contributed by atoms with E-state index in [1.165, 1.54) is 17.5 Å². The molecule has 108 valence electrons. The van der Waals surface area contributed by atoms with Gasteiger partial charge in [-0.25, -0.2) is 0 Å². The van der Waals surface area contributed by atoms with E-state index in [1.807, 2.05) is 30.3 Å². The van der Waals surface area contributed by atoms with Crippen LogP contribution >= 0.6 is 0 Å². The molecule has 2 aromatic rings. The van der Waals surface area contributed by atoms with E-state index in [2.05, 4.69) is 11.4 Å². The first-order valence-corrected chi connectivity index (χ1v) is 7.40. The van der Waals surface area contributed by atoms with E-state index in [0.29, 0.717) is 5.56 Å². The Labute approximate surface area is 124 Å². The number of aliphatic hydroxyl groups excluding tert-OH is 1. The van der Waals surface area contributed by atoms with Gasteiger partial charge in [-0.1, -0.05) is 42.5 Å². The van der Waals surface area contributed by atoms with Crippen molar-refractivity contribution < 1.29 is 9.90 Å². The topological polar surface area (TPSA) is 49.3 Å². The van der Waals surface area contributed by atoms with Crippen molar-refractivity contribution in [2.24, 2.45) is 0 Å². The van der Waals surface area contributed by atoms with Crippen LogP contribution in [0, 0.1) is 0 Å². The number of aryl methyl sites for hydroxylation is 1. The Morgan fingerprint density at radius 1 is 1.00 bits per heavy atom. The van der Waals surface area contributed by atoms with E-state index < -0.39 is 6.10 Å². The van der Waals surface area contributed by atoms with Crippen LogP contribution in [0.15, 0.2) is 48.5 Å².